The number of carbonyl (C=O) groups is 3. The average Bonchev–Trinajstić information content (AvgIpc) is 2.99. The van der Waals surface area contributed by atoms with Gasteiger partial charge in [0.15, 0.2) is 0 Å². The van der Waals surface area contributed by atoms with E-state index in [9.17, 15) is 23.2 Å². The Morgan fingerprint density at radius 1 is 0.953 bits per heavy atom. The molecule has 0 aliphatic carbocycles. The summed E-state index contributed by atoms with van der Waals surface area (Å²) in [5.41, 5.74) is 4.02. The molecule has 1 aromatic heterocycles. The van der Waals surface area contributed by atoms with Crippen LogP contribution in [0.2, 0.25) is 5.02 Å². The van der Waals surface area contributed by atoms with Crippen molar-refractivity contribution in [2.45, 2.75) is 26.1 Å². The van der Waals surface area contributed by atoms with Gasteiger partial charge in [0.05, 0.1) is 11.1 Å². The SMILES string of the molecule is CC(=O)N(NCc1cccc(F)c1Cl)[C@@H](CNC(=O)OCc1ccccc1)COC(=O)Nc1cc2cc(F)ccc2cn1. The van der Waals surface area contributed by atoms with Crippen LogP contribution in [0.25, 0.3) is 10.8 Å². The lowest BCUT2D eigenvalue weighted by Gasteiger charge is -2.31. The van der Waals surface area contributed by atoms with Crippen molar-refractivity contribution >= 4 is 46.3 Å². The maximum absolute atomic E-state index is 13.9. The first-order valence-electron chi connectivity index (χ1n) is 13.1. The molecule has 0 aliphatic heterocycles. The van der Waals surface area contributed by atoms with Gasteiger partial charge in [0.1, 0.15) is 30.7 Å². The molecule has 0 unspecified atom stereocenters. The molecule has 0 saturated heterocycles. The molecule has 4 aromatic rings. The summed E-state index contributed by atoms with van der Waals surface area (Å²) in [5, 5.41) is 7.25. The fourth-order valence-corrected chi connectivity index (χ4v) is 4.24. The number of halogens is 3. The van der Waals surface area contributed by atoms with Crippen LogP contribution in [-0.2, 0) is 27.4 Å². The molecule has 224 valence electrons. The van der Waals surface area contributed by atoms with Gasteiger partial charge in [0.25, 0.3) is 0 Å². The zero-order valence-corrected chi connectivity index (χ0v) is 23.7. The van der Waals surface area contributed by atoms with Crippen molar-refractivity contribution in [3.63, 3.8) is 0 Å². The maximum atomic E-state index is 13.9. The number of benzene rings is 3. The number of pyridine rings is 1. The summed E-state index contributed by atoms with van der Waals surface area (Å²) in [6, 6.07) is 18.0. The van der Waals surface area contributed by atoms with Gasteiger partial charge in [-0.05, 0) is 46.8 Å². The summed E-state index contributed by atoms with van der Waals surface area (Å²) in [4.78, 5) is 41.8. The fourth-order valence-electron chi connectivity index (χ4n) is 4.05. The van der Waals surface area contributed by atoms with Gasteiger partial charge in [-0.1, -0.05) is 54.1 Å². The van der Waals surface area contributed by atoms with Crippen LogP contribution in [0.1, 0.15) is 18.1 Å². The average molecular weight is 612 g/mol. The maximum Gasteiger partial charge on any atom is 0.412 e. The van der Waals surface area contributed by atoms with Gasteiger partial charge in [-0.3, -0.25) is 15.1 Å². The predicted molar refractivity (Wildman–Crippen MR) is 156 cm³/mol. The first-order chi connectivity index (χ1) is 20.7. The van der Waals surface area contributed by atoms with Crippen LogP contribution in [0.3, 0.4) is 0 Å². The molecule has 3 amide bonds. The number of nitrogens with one attached hydrogen (secondary N) is 3. The normalized spacial score (nSPS) is 11.4. The lowest BCUT2D eigenvalue weighted by molar-refractivity contribution is -0.136. The Morgan fingerprint density at radius 3 is 2.51 bits per heavy atom. The molecule has 3 N–H and O–H groups in total. The summed E-state index contributed by atoms with van der Waals surface area (Å²) in [7, 11) is 0. The second-order valence-electron chi connectivity index (χ2n) is 9.32. The number of hydrazine groups is 1. The third kappa shape index (κ3) is 9.09. The highest BCUT2D eigenvalue weighted by Crippen LogP contribution is 2.20. The second-order valence-corrected chi connectivity index (χ2v) is 9.70. The summed E-state index contributed by atoms with van der Waals surface area (Å²) in [6.07, 6.45) is -0.198. The monoisotopic (exact) mass is 611 g/mol. The van der Waals surface area contributed by atoms with Gasteiger partial charge in [0.2, 0.25) is 5.91 Å². The number of anilines is 1. The molecule has 0 fully saturated rings. The molecule has 43 heavy (non-hydrogen) atoms. The van der Waals surface area contributed by atoms with Gasteiger partial charge >= 0.3 is 12.2 Å². The van der Waals surface area contributed by atoms with Crippen molar-refractivity contribution in [1.29, 1.82) is 0 Å². The lowest BCUT2D eigenvalue weighted by Crippen LogP contribution is -2.55. The number of fused-ring (bicyclic) bond motifs is 1. The Morgan fingerprint density at radius 2 is 1.74 bits per heavy atom. The molecular weight excluding hydrogens is 584 g/mol. The summed E-state index contributed by atoms with van der Waals surface area (Å²) >= 11 is 6.05. The Kier molecular flexibility index (Phi) is 10.8. The smallest absolute Gasteiger partial charge is 0.412 e. The molecule has 0 spiro atoms. The zero-order valence-electron chi connectivity index (χ0n) is 23.0. The Bertz CT molecular complexity index is 1590. The molecule has 0 aliphatic rings. The van der Waals surface area contributed by atoms with Crippen molar-refractivity contribution < 1.29 is 32.6 Å². The van der Waals surface area contributed by atoms with Crippen LogP contribution < -0.4 is 16.1 Å². The van der Waals surface area contributed by atoms with Crippen LogP contribution in [0.5, 0.6) is 0 Å². The van der Waals surface area contributed by atoms with E-state index in [2.05, 4.69) is 21.0 Å². The minimum Gasteiger partial charge on any atom is -0.447 e. The molecule has 13 heteroatoms. The zero-order chi connectivity index (χ0) is 30.8. The molecule has 4 rings (SSSR count). The quantitative estimate of drug-likeness (QED) is 0.190. The standard InChI is InChI=1S/C30H28ClF2N5O5/c1-19(39)38(36-15-22-8-5-9-26(33)28(22)31)25(16-35-29(40)42-17-20-6-3-2-4-7-20)18-43-30(41)37-27-13-23-12-24(32)11-10-21(23)14-34-27/h2-14,25,36H,15-18H2,1H3,(H,35,40)(H,34,37,41)/t25-/m0/s1. The van der Waals surface area contributed by atoms with Gasteiger partial charge in [0, 0.05) is 31.6 Å². The summed E-state index contributed by atoms with van der Waals surface area (Å²) in [6.45, 7) is 0.675. The number of hydrogen-bond acceptors (Lipinski definition) is 7. The Hall–Kier alpha value is -4.81. The minimum absolute atomic E-state index is 0.0195. The van der Waals surface area contributed by atoms with Crippen LogP contribution in [0.15, 0.2) is 79.0 Å². The number of aromatic nitrogens is 1. The van der Waals surface area contributed by atoms with E-state index in [0.29, 0.717) is 16.3 Å². The topological polar surface area (TPSA) is 122 Å². The van der Waals surface area contributed by atoms with E-state index in [1.54, 1.807) is 24.3 Å². The lowest BCUT2D eigenvalue weighted by atomic mass is 10.2. The highest BCUT2D eigenvalue weighted by molar-refractivity contribution is 6.31. The number of rotatable bonds is 11. The Balaban J connectivity index is 1.42. The van der Waals surface area contributed by atoms with Gasteiger partial charge in [-0.25, -0.2) is 28.8 Å². The number of carbonyl (C=O) groups excluding carboxylic acids is 3. The van der Waals surface area contributed by atoms with Crippen LogP contribution in [0.4, 0.5) is 24.2 Å². The van der Waals surface area contributed by atoms with E-state index in [4.69, 9.17) is 21.1 Å². The molecule has 3 aromatic carbocycles. The largest absolute Gasteiger partial charge is 0.447 e. The summed E-state index contributed by atoms with van der Waals surface area (Å²) in [5.74, 6) is -1.44. The Labute approximate surface area is 250 Å². The number of amides is 3. The van der Waals surface area contributed by atoms with E-state index in [0.717, 1.165) is 10.6 Å². The van der Waals surface area contributed by atoms with E-state index in [1.807, 2.05) is 18.2 Å². The third-order valence-electron chi connectivity index (χ3n) is 6.19. The molecule has 1 atom stereocenters. The predicted octanol–water partition coefficient (Wildman–Crippen LogP) is 5.56. The molecule has 1 heterocycles. The van der Waals surface area contributed by atoms with Crippen molar-refractivity contribution in [1.82, 2.24) is 20.7 Å². The number of hydrogen-bond donors (Lipinski definition) is 3. The number of alkyl carbamates (subject to hydrolysis) is 1. The highest BCUT2D eigenvalue weighted by Gasteiger charge is 2.25. The van der Waals surface area contributed by atoms with Crippen molar-refractivity contribution in [3.05, 3.63) is 107 Å². The summed E-state index contributed by atoms with van der Waals surface area (Å²) < 4.78 is 38.1. The van der Waals surface area contributed by atoms with Crippen LogP contribution in [0, 0.1) is 11.6 Å². The van der Waals surface area contributed by atoms with Crippen LogP contribution in [-0.4, -0.2) is 47.3 Å². The van der Waals surface area contributed by atoms with E-state index < -0.39 is 35.8 Å². The van der Waals surface area contributed by atoms with Crippen molar-refractivity contribution in [3.8, 4) is 0 Å². The fraction of sp³-hybridized carbons (Fsp3) is 0.200. The molecule has 0 saturated carbocycles. The van der Waals surface area contributed by atoms with E-state index in [-0.39, 0.29) is 37.1 Å². The van der Waals surface area contributed by atoms with E-state index >= 15 is 0 Å². The van der Waals surface area contributed by atoms with Gasteiger partial charge < -0.3 is 14.8 Å². The molecule has 0 radical (unpaired) electrons. The van der Waals surface area contributed by atoms with Gasteiger partial charge in [-0.15, -0.1) is 0 Å². The number of ether oxygens (including phenoxy) is 2. The first-order valence-corrected chi connectivity index (χ1v) is 13.5. The third-order valence-corrected chi connectivity index (χ3v) is 6.61. The molecule has 10 nitrogen and oxygen atoms in total. The first kappa shape index (κ1) is 31.1. The molecule has 0 bridgehead atoms. The highest BCUT2D eigenvalue weighted by atomic mass is 35.5. The minimum atomic E-state index is -0.932. The van der Waals surface area contributed by atoms with Crippen molar-refractivity contribution in [2.75, 3.05) is 18.5 Å². The van der Waals surface area contributed by atoms with Crippen molar-refractivity contribution in [2.24, 2.45) is 0 Å². The van der Waals surface area contributed by atoms with Crippen LogP contribution >= 0.6 is 11.6 Å². The van der Waals surface area contributed by atoms with Gasteiger partial charge in [-0.2, -0.15) is 0 Å². The number of nitrogens with zero attached hydrogens (tertiary/aromatic N) is 2. The molecular formula is C30H28ClF2N5O5. The second kappa shape index (κ2) is 14.9. The van der Waals surface area contributed by atoms with E-state index in [1.165, 1.54) is 43.5 Å².